The molecule has 2 rings (SSSR count). The Balaban J connectivity index is 2.24. The number of methoxy groups -OCH3 is 1. The summed E-state index contributed by atoms with van der Waals surface area (Å²) in [6.07, 6.45) is 1.72. The Morgan fingerprint density at radius 3 is 2.74 bits per heavy atom. The molecule has 0 aliphatic heterocycles. The van der Waals surface area contributed by atoms with E-state index in [1.165, 1.54) is 7.11 Å². The molecule has 0 saturated heterocycles. The van der Waals surface area contributed by atoms with Crippen molar-refractivity contribution < 1.29 is 13.9 Å². The number of aryl methyl sites for hydroxylation is 2. The van der Waals surface area contributed by atoms with Crippen LogP contribution in [0.25, 0.3) is 0 Å². The third kappa shape index (κ3) is 3.10. The normalized spacial score (nSPS) is 10.9. The predicted molar refractivity (Wildman–Crippen MR) is 73.2 cm³/mol. The van der Waals surface area contributed by atoms with E-state index < -0.39 is 0 Å². The second-order valence-corrected chi connectivity index (χ2v) is 4.17. The van der Waals surface area contributed by atoms with E-state index in [-0.39, 0.29) is 5.97 Å². The quantitative estimate of drug-likeness (QED) is 0.625. The highest BCUT2D eigenvalue weighted by Crippen LogP contribution is 2.17. The average molecular weight is 257 g/mol. The number of rotatable bonds is 3. The topological polar surface area (TPSA) is 51.8 Å². The van der Waals surface area contributed by atoms with E-state index in [2.05, 4.69) is 9.73 Å². The third-order valence-electron chi connectivity index (χ3n) is 2.70. The Kier molecular flexibility index (Phi) is 3.80. The number of furan rings is 1. The number of aliphatic imine (C=N–C) groups is 1. The Labute approximate surface area is 111 Å². The van der Waals surface area contributed by atoms with Crippen LogP contribution in [0.1, 0.15) is 27.4 Å². The minimum atomic E-state index is -0.368. The van der Waals surface area contributed by atoms with E-state index in [4.69, 9.17) is 4.42 Å². The third-order valence-corrected chi connectivity index (χ3v) is 2.70. The molecule has 0 saturated carbocycles. The van der Waals surface area contributed by atoms with Gasteiger partial charge in [0.15, 0.2) is 0 Å². The molecule has 0 radical (unpaired) electrons. The second kappa shape index (κ2) is 5.52. The number of carbonyl (C=O) groups excluding carboxylic acids is 1. The van der Waals surface area contributed by atoms with Gasteiger partial charge in [0, 0.05) is 11.8 Å². The Morgan fingerprint density at radius 1 is 1.32 bits per heavy atom. The summed E-state index contributed by atoms with van der Waals surface area (Å²) in [7, 11) is 1.36. The molecule has 0 aliphatic carbocycles. The Bertz CT molecular complexity index is 626. The van der Waals surface area contributed by atoms with Gasteiger partial charge in [-0.25, -0.2) is 4.79 Å². The lowest BCUT2D eigenvalue weighted by atomic mass is 10.2. The van der Waals surface area contributed by atoms with Gasteiger partial charge < -0.3 is 9.15 Å². The van der Waals surface area contributed by atoms with Gasteiger partial charge in [0.2, 0.25) is 0 Å². The SMILES string of the molecule is COC(=O)c1cccc(N=Cc2cc(C)oc2C)c1. The molecule has 0 spiro atoms. The van der Waals surface area contributed by atoms with Gasteiger partial charge in [-0.05, 0) is 38.1 Å². The molecule has 1 aromatic carbocycles. The summed E-state index contributed by atoms with van der Waals surface area (Å²) in [5, 5.41) is 0. The van der Waals surface area contributed by atoms with Gasteiger partial charge in [-0.3, -0.25) is 4.99 Å². The molecule has 4 heteroatoms. The van der Waals surface area contributed by atoms with Gasteiger partial charge in [-0.1, -0.05) is 6.07 Å². The van der Waals surface area contributed by atoms with Crippen molar-refractivity contribution in [3.63, 3.8) is 0 Å². The maximum Gasteiger partial charge on any atom is 0.337 e. The zero-order chi connectivity index (χ0) is 13.8. The molecule has 0 aliphatic rings. The molecule has 2 aromatic rings. The van der Waals surface area contributed by atoms with Crippen molar-refractivity contribution in [1.29, 1.82) is 0 Å². The highest BCUT2D eigenvalue weighted by Gasteiger charge is 2.05. The number of ether oxygens (including phenoxy) is 1. The Morgan fingerprint density at radius 2 is 2.11 bits per heavy atom. The zero-order valence-corrected chi connectivity index (χ0v) is 11.1. The maximum atomic E-state index is 11.4. The standard InChI is InChI=1S/C15H15NO3/c1-10-7-13(11(2)19-10)9-16-14-6-4-5-12(8-14)15(17)18-3/h4-9H,1-3H3. The first-order valence-corrected chi connectivity index (χ1v) is 5.89. The molecule has 1 aromatic heterocycles. The van der Waals surface area contributed by atoms with Crippen LogP contribution in [0.2, 0.25) is 0 Å². The molecule has 0 fully saturated rings. The van der Waals surface area contributed by atoms with Crippen LogP contribution in [0.15, 0.2) is 39.7 Å². The molecule has 0 atom stereocenters. The summed E-state index contributed by atoms with van der Waals surface area (Å²) >= 11 is 0. The molecule has 98 valence electrons. The first kappa shape index (κ1) is 13.1. The molecule has 0 N–H and O–H groups in total. The van der Waals surface area contributed by atoms with Crippen LogP contribution in [-0.4, -0.2) is 19.3 Å². The molecule has 0 amide bonds. The van der Waals surface area contributed by atoms with Crippen LogP contribution in [0, 0.1) is 13.8 Å². The van der Waals surface area contributed by atoms with E-state index in [9.17, 15) is 4.79 Å². The molecule has 19 heavy (non-hydrogen) atoms. The summed E-state index contributed by atoms with van der Waals surface area (Å²) in [5.41, 5.74) is 2.11. The number of hydrogen-bond acceptors (Lipinski definition) is 4. The van der Waals surface area contributed by atoms with Crippen LogP contribution < -0.4 is 0 Å². The van der Waals surface area contributed by atoms with Gasteiger partial charge in [0.25, 0.3) is 0 Å². The number of hydrogen-bond donors (Lipinski definition) is 0. The van der Waals surface area contributed by atoms with Crippen molar-refractivity contribution in [1.82, 2.24) is 0 Å². The van der Waals surface area contributed by atoms with Gasteiger partial charge in [-0.15, -0.1) is 0 Å². The van der Waals surface area contributed by atoms with Crippen LogP contribution in [0.5, 0.6) is 0 Å². The van der Waals surface area contributed by atoms with Crippen molar-refractivity contribution in [2.24, 2.45) is 4.99 Å². The lowest BCUT2D eigenvalue weighted by Crippen LogP contribution is -1.99. The highest BCUT2D eigenvalue weighted by atomic mass is 16.5. The van der Waals surface area contributed by atoms with Gasteiger partial charge in [0.05, 0.1) is 18.4 Å². The summed E-state index contributed by atoms with van der Waals surface area (Å²) < 4.78 is 10.1. The fraction of sp³-hybridized carbons (Fsp3) is 0.200. The van der Waals surface area contributed by atoms with Crippen LogP contribution in [0.3, 0.4) is 0 Å². The summed E-state index contributed by atoms with van der Waals surface area (Å²) in [6, 6.07) is 8.89. The summed E-state index contributed by atoms with van der Waals surface area (Å²) in [4.78, 5) is 15.7. The van der Waals surface area contributed by atoms with Crippen molar-refractivity contribution >= 4 is 17.9 Å². The number of esters is 1. The van der Waals surface area contributed by atoms with Crippen LogP contribution in [0.4, 0.5) is 5.69 Å². The van der Waals surface area contributed by atoms with Gasteiger partial charge in [0.1, 0.15) is 11.5 Å². The Hall–Kier alpha value is -2.36. The van der Waals surface area contributed by atoms with Crippen molar-refractivity contribution in [3.05, 3.63) is 53.0 Å². The van der Waals surface area contributed by atoms with E-state index >= 15 is 0 Å². The van der Waals surface area contributed by atoms with Gasteiger partial charge in [-0.2, -0.15) is 0 Å². The van der Waals surface area contributed by atoms with Crippen molar-refractivity contribution in [2.75, 3.05) is 7.11 Å². The van der Waals surface area contributed by atoms with Crippen LogP contribution >= 0.6 is 0 Å². The molecule has 4 nitrogen and oxygen atoms in total. The molecule has 1 heterocycles. The summed E-state index contributed by atoms with van der Waals surface area (Å²) in [5.74, 6) is 1.31. The summed E-state index contributed by atoms with van der Waals surface area (Å²) in [6.45, 7) is 3.78. The molecule has 0 unspecified atom stereocenters. The van der Waals surface area contributed by atoms with E-state index in [1.807, 2.05) is 26.0 Å². The van der Waals surface area contributed by atoms with E-state index in [0.29, 0.717) is 11.3 Å². The predicted octanol–water partition coefficient (Wildman–Crippen LogP) is 3.43. The monoisotopic (exact) mass is 257 g/mol. The fourth-order valence-corrected chi connectivity index (χ4v) is 1.75. The fourth-order valence-electron chi connectivity index (χ4n) is 1.75. The first-order valence-electron chi connectivity index (χ1n) is 5.89. The number of nitrogens with zero attached hydrogens (tertiary/aromatic N) is 1. The lowest BCUT2D eigenvalue weighted by Gasteiger charge is -1.99. The maximum absolute atomic E-state index is 11.4. The van der Waals surface area contributed by atoms with Crippen molar-refractivity contribution in [3.8, 4) is 0 Å². The smallest absolute Gasteiger partial charge is 0.337 e. The first-order chi connectivity index (χ1) is 9.10. The van der Waals surface area contributed by atoms with E-state index in [1.54, 1.807) is 24.4 Å². The minimum Gasteiger partial charge on any atom is -0.466 e. The lowest BCUT2D eigenvalue weighted by molar-refractivity contribution is 0.0601. The number of carbonyl (C=O) groups is 1. The molecular weight excluding hydrogens is 242 g/mol. The van der Waals surface area contributed by atoms with Crippen molar-refractivity contribution in [2.45, 2.75) is 13.8 Å². The minimum absolute atomic E-state index is 0.368. The largest absolute Gasteiger partial charge is 0.466 e. The molecule has 0 bridgehead atoms. The molecular formula is C15H15NO3. The average Bonchev–Trinajstić information content (AvgIpc) is 2.74. The zero-order valence-electron chi connectivity index (χ0n) is 11.1. The van der Waals surface area contributed by atoms with E-state index in [0.717, 1.165) is 17.1 Å². The second-order valence-electron chi connectivity index (χ2n) is 4.17. The number of benzene rings is 1. The highest BCUT2D eigenvalue weighted by molar-refractivity contribution is 5.91. The van der Waals surface area contributed by atoms with Crippen LogP contribution in [-0.2, 0) is 4.74 Å². The van der Waals surface area contributed by atoms with Gasteiger partial charge >= 0.3 is 5.97 Å².